The van der Waals surface area contributed by atoms with E-state index in [1.165, 1.54) is 4.57 Å². The Balaban J connectivity index is 0. The first-order valence-corrected chi connectivity index (χ1v) is 9.43. The van der Waals surface area contributed by atoms with E-state index in [0.717, 1.165) is 0 Å². The van der Waals surface area contributed by atoms with Crippen LogP contribution in [0.1, 0.15) is 0 Å². The molecule has 0 saturated carbocycles. The van der Waals surface area contributed by atoms with E-state index in [1.54, 1.807) is 18.2 Å². The van der Waals surface area contributed by atoms with Gasteiger partial charge in [-0.15, -0.1) is 0 Å². The molecule has 9 nitrogen and oxygen atoms in total. The van der Waals surface area contributed by atoms with Crippen LogP contribution in [-0.4, -0.2) is 27.1 Å². The smallest absolute Gasteiger partial charge is 0.763 e. The summed E-state index contributed by atoms with van der Waals surface area (Å²) >= 11 is 16.8. The zero-order valence-electron chi connectivity index (χ0n) is 13.4. The van der Waals surface area contributed by atoms with Crippen LogP contribution in [0, 0.1) is 4.77 Å². The predicted octanol–water partition coefficient (Wildman–Crippen LogP) is -4.97. The van der Waals surface area contributed by atoms with Gasteiger partial charge in [0, 0.05) is 30.3 Å². The average Bonchev–Trinajstić information content (AvgIpc) is 2.44. The zero-order chi connectivity index (χ0) is 18.6. The van der Waals surface area contributed by atoms with E-state index in [1.807, 2.05) is 0 Å². The van der Waals surface area contributed by atoms with Gasteiger partial charge in [-0.3, -0.25) is 22.8 Å². The van der Waals surface area contributed by atoms with Crippen molar-refractivity contribution >= 4 is 67.1 Å². The number of anilines is 2. The molecule has 16 heteroatoms. The summed E-state index contributed by atoms with van der Waals surface area (Å²) in [6, 6.07) is 4.79. The maximum atomic E-state index is 11.4. The SMILES string of the molecule is Nc1c(N)n(-c2cc(Cl)cc(Cl)c2)c(=S)[nH]c1=O.O=S([O-])S(=O)[O-].[Na+].[Na+]. The van der Waals surface area contributed by atoms with Gasteiger partial charge in [0.05, 0.1) is 5.69 Å². The Morgan fingerprint density at radius 2 is 1.46 bits per heavy atom. The number of hydrogen-bond acceptors (Lipinski definition) is 8. The quantitative estimate of drug-likeness (QED) is 0.167. The van der Waals surface area contributed by atoms with Gasteiger partial charge >= 0.3 is 59.1 Å². The number of benzene rings is 1. The van der Waals surface area contributed by atoms with Gasteiger partial charge in [-0.2, -0.15) is 0 Å². The number of hydrogen-bond donors (Lipinski definition) is 3. The zero-order valence-corrected chi connectivity index (χ0v) is 21.3. The summed E-state index contributed by atoms with van der Waals surface area (Å²) in [5.41, 5.74) is 11.2. The number of nitrogens with two attached hydrogens (primary N) is 2. The fraction of sp³-hybridized carbons (Fsp3) is 0. The third kappa shape index (κ3) is 8.39. The Hall–Kier alpha value is 0.720. The molecule has 132 valence electrons. The number of aromatic amines is 1. The van der Waals surface area contributed by atoms with Crippen molar-refractivity contribution < 1.29 is 76.6 Å². The molecule has 2 aromatic rings. The van der Waals surface area contributed by atoms with Crippen LogP contribution in [-0.2, 0) is 20.2 Å². The van der Waals surface area contributed by atoms with Crippen LogP contribution < -0.4 is 76.1 Å². The van der Waals surface area contributed by atoms with Crippen LogP contribution in [0.2, 0.25) is 10.0 Å². The van der Waals surface area contributed by atoms with Crippen molar-refractivity contribution in [3.05, 3.63) is 43.4 Å². The number of halogens is 2. The Morgan fingerprint density at radius 1 is 1.04 bits per heavy atom. The molecule has 2 atom stereocenters. The largest absolute Gasteiger partial charge is 1.00 e. The van der Waals surface area contributed by atoms with Crippen LogP contribution in [0.15, 0.2) is 23.0 Å². The topological polar surface area (TPSA) is 170 Å². The molecule has 1 heterocycles. The Kier molecular flexibility index (Phi) is 14.5. The molecule has 0 aliphatic heterocycles. The maximum absolute atomic E-state index is 11.4. The van der Waals surface area contributed by atoms with Gasteiger partial charge in [0.15, 0.2) is 4.77 Å². The third-order valence-electron chi connectivity index (χ3n) is 2.40. The molecule has 0 amide bonds. The van der Waals surface area contributed by atoms with Crippen molar-refractivity contribution in [3.8, 4) is 5.69 Å². The minimum atomic E-state index is -2.95. The Labute approximate surface area is 211 Å². The molecule has 0 fully saturated rings. The molecule has 1 aromatic heterocycles. The number of rotatable bonds is 2. The number of nitrogens with zero attached hydrogens (tertiary/aromatic N) is 1. The molecule has 0 radical (unpaired) electrons. The summed E-state index contributed by atoms with van der Waals surface area (Å²) in [5.74, 6) is 0.0436. The van der Waals surface area contributed by atoms with Crippen molar-refractivity contribution in [2.24, 2.45) is 0 Å². The molecule has 0 aliphatic rings. The second-order valence-electron chi connectivity index (χ2n) is 3.93. The van der Waals surface area contributed by atoms with Gasteiger partial charge in [0.2, 0.25) is 0 Å². The summed E-state index contributed by atoms with van der Waals surface area (Å²) in [5, 5.41) is 0.840. The molecule has 2 unspecified atom stereocenters. The number of nitrogens with one attached hydrogen (secondary N) is 1. The first-order chi connectivity index (χ1) is 11.0. The van der Waals surface area contributed by atoms with Crippen molar-refractivity contribution in [1.29, 1.82) is 0 Å². The molecule has 1 aromatic carbocycles. The fourth-order valence-electron chi connectivity index (χ4n) is 1.49. The second kappa shape index (κ2) is 13.0. The molecular formula is C10H8Cl2N4Na2O5S3. The fourth-order valence-corrected chi connectivity index (χ4v) is 2.30. The van der Waals surface area contributed by atoms with Crippen LogP contribution in [0.25, 0.3) is 5.69 Å². The molecule has 0 aliphatic carbocycles. The molecule has 0 saturated heterocycles. The summed E-state index contributed by atoms with van der Waals surface area (Å²) in [6.45, 7) is 0. The summed E-state index contributed by atoms with van der Waals surface area (Å²) < 4.78 is 37.9. The van der Waals surface area contributed by atoms with Gasteiger partial charge in [-0.05, 0) is 30.4 Å². The first-order valence-electron chi connectivity index (χ1n) is 5.60. The average molecular weight is 477 g/mol. The number of aromatic nitrogens is 2. The molecular weight excluding hydrogens is 469 g/mol. The number of H-pyrrole nitrogens is 1. The standard InChI is InChI=1S/C10H8Cl2N4OS.2Na.H2O4S2/c11-4-1-5(12)3-6(2-4)16-8(14)7(13)9(17)15-10(16)18;;;1-5(2)6(3)4/h1-3H,13-14H2,(H,15,17,18);;;(H,1,2)(H,3,4)/q;2*+1;/p-2. The Morgan fingerprint density at radius 3 is 1.85 bits per heavy atom. The summed E-state index contributed by atoms with van der Waals surface area (Å²) in [4.78, 5) is 13.8. The first kappa shape index (κ1) is 28.9. The third-order valence-corrected chi connectivity index (χ3v) is 4.01. The maximum Gasteiger partial charge on any atom is 1.00 e. The van der Waals surface area contributed by atoms with E-state index < -0.39 is 25.8 Å². The monoisotopic (exact) mass is 476 g/mol. The van der Waals surface area contributed by atoms with Gasteiger partial charge in [-0.1, -0.05) is 23.2 Å². The minimum Gasteiger partial charge on any atom is -0.763 e. The normalized spacial score (nSPS) is 11.8. The van der Waals surface area contributed by atoms with E-state index in [9.17, 15) is 4.79 Å². The van der Waals surface area contributed by atoms with E-state index in [4.69, 9.17) is 64.4 Å². The van der Waals surface area contributed by atoms with Crippen molar-refractivity contribution in [1.82, 2.24) is 9.55 Å². The minimum absolute atomic E-state index is 0. The molecule has 2 rings (SSSR count). The van der Waals surface area contributed by atoms with Crippen molar-refractivity contribution in [3.63, 3.8) is 0 Å². The molecule has 5 N–H and O–H groups in total. The number of nitrogen functional groups attached to an aromatic ring is 2. The van der Waals surface area contributed by atoms with Crippen LogP contribution in [0.4, 0.5) is 11.5 Å². The summed E-state index contributed by atoms with van der Waals surface area (Å²) in [7, 11) is -5.90. The molecule has 0 bridgehead atoms. The van der Waals surface area contributed by atoms with Crippen molar-refractivity contribution in [2.45, 2.75) is 0 Å². The van der Waals surface area contributed by atoms with Gasteiger partial charge in [0.1, 0.15) is 11.5 Å². The van der Waals surface area contributed by atoms with E-state index in [2.05, 4.69) is 4.98 Å². The van der Waals surface area contributed by atoms with Crippen molar-refractivity contribution in [2.75, 3.05) is 11.5 Å². The van der Waals surface area contributed by atoms with E-state index in [-0.39, 0.29) is 75.4 Å². The van der Waals surface area contributed by atoms with Gasteiger partial charge in [-0.25, -0.2) is 0 Å². The molecule has 0 spiro atoms. The molecule has 26 heavy (non-hydrogen) atoms. The summed E-state index contributed by atoms with van der Waals surface area (Å²) in [6.07, 6.45) is 0. The second-order valence-corrected chi connectivity index (χ2v) is 7.64. The van der Waals surface area contributed by atoms with Crippen LogP contribution in [0.5, 0.6) is 0 Å². The predicted molar refractivity (Wildman–Crippen MR) is 93.9 cm³/mol. The van der Waals surface area contributed by atoms with E-state index >= 15 is 0 Å². The Bertz CT molecular complexity index is 908. The van der Waals surface area contributed by atoms with Crippen LogP contribution in [0.3, 0.4) is 0 Å². The van der Waals surface area contributed by atoms with Gasteiger partial charge in [0.25, 0.3) is 5.56 Å². The van der Waals surface area contributed by atoms with Crippen LogP contribution >= 0.6 is 35.4 Å². The van der Waals surface area contributed by atoms with E-state index in [0.29, 0.717) is 15.7 Å². The van der Waals surface area contributed by atoms with Gasteiger partial charge < -0.3 is 20.6 Å².